The molecule has 2 atom stereocenters. The van der Waals surface area contributed by atoms with Gasteiger partial charge in [0.1, 0.15) is 5.54 Å². The number of hydrogen-bond acceptors (Lipinski definition) is 3. The Morgan fingerprint density at radius 2 is 2.05 bits per heavy atom. The van der Waals surface area contributed by atoms with Gasteiger partial charge in [-0.25, -0.2) is 8.78 Å². The Hall–Kier alpha value is -1.24. The first-order chi connectivity index (χ1) is 9.72. The Morgan fingerprint density at radius 1 is 1.41 bits per heavy atom. The summed E-state index contributed by atoms with van der Waals surface area (Å²) < 4.78 is 31.6. The molecule has 1 aromatic rings. The molecule has 1 aliphatic carbocycles. The molecule has 1 aromatic carbocycles. The largest absolute Gasteiger partial charge is 0.378 e. The molecule has 2 unspecified atom stereocenters. The van der Waals surface area contributed by atoms with E-state index in [-0.39, 0.29) is 24.2 Å². The van der Waals surface area contributed by atoms with Gasteiger partial charge >= 0.3 is 0 Å². The molecule has 0 aromatic heterocycles. The fourth-order valence-corrected chi connectivity index (χ4v) is 2.64. The molecule has 1 saturated carbocycles. The second-order valence-electron chi connectivity index (χ2n) is 5.92. The van der Waals surface area contributed by atoms with Crippen molar-refractivity contribution >= 4 is 24.0 Å². The highest BCUT2D eigenvalue weighted by Crippen LogP contribution is 2.50. The standard InChI is InChI=1S/C15H20F2N2O2.ClH/c1-4-21-12-8-15(18,14(12,2)3)13(20)19-9-5-6-10(16)11(17)7-9;/h5-7,12H,4,8,18H2,1-3H3,(H,19,20);1H. The number of hydrogen-bond donors (Lipinski definition) is 2. The number of anilines is 1. The number of carbonyl (C=O) groups is 1. The Labute approximate surface area is 134 Å². The fraction of sp³-hybridized carbons (Fsp3) is 0.533. The number of nitrogens with one attached hydrogen (secondary N) is 1. The summed E-state index contributed by atoms with van der Waals surface area (Å²) in [5, 5.41) is 2.54. The van der Waals surface area contributed by atoms with Crippen molar-refractivity contribution in [1.29, 1.82) is 0 Å². The van der Waals surface area contributed by atoms with Crippen LogP contribution in [0.1, 0.15) is 27.2 Å². The molecular weight excluding hydrogens is 314 g/mol. The maximum atomic E-state index is 13.2. The second kappa shape index (κ2) is 6.48. The van der Waals surface area contributed by atoms with Gasteiger partial charge in [-0.15, -0.1) is 12.4 Å². The van der Waals surface area contributed by atoms with Crippen molar-refractivity contribution in [1.82, 2.24) is 0 Å². The third-order valence-corrected chi connectivity index (χ3v) is 4.41. The lowest BCUT2D eigenvalue weighted by atomic mass is 9.54. The first-order valence-electron chi connectivity index (χ1n) is 6.89. The van der Waals surface area contributed by atoms with Gasteiger partial charge < -0.3 is 15.8 Å². The van der Waals surface area contributed by atoms with E-state index in [9.17, 15) is 13.6 Å². The number of benzene rings is 1. The second-order valence-corrected chi connectivity index (χ2v) is 5.92. The van der Waals surface area contributed by atoms with Crippen LogP contribution in [0.3, 0.4) is 0 Å². The van der Waals surface area contributed by atoms with Gasteiger partial charge in [0, 0.05) is 30.2 Å². The molecule has 0 bridgehead atoms. The van der Waals surface area contributed by atoms with Gasteiger partial charge in [0.15, 0.2) is 11.6 Å². The van der Waals surface area contributed by atoms with Crippen molar-refractivity contribution < 1.29 is 18.3 Å². The fourth-order valence-electron chi connectivity index (χ4n) is 2.64. The van der Waals surface area contributed by atoms with Crippen LogP contribution >= 0.6 is 12.4 Å². The van der Waals surface area contributed by atoms with Crippen LogP contribution in [0.15, 0.2) is 18.2 Å². The van der Waals surface area contributed by atoms with Crippen molar-refractivity contribution in [2.24, 2.45) is 11.1 Å². The maximum absolute atomic E-state index is 13.2. The molecule has 0 heterocycles. The molecule has 1 amide bonds. The lowest BCUT2D eigenvalue weighted by Crippen LogP contribution is -2.74. The summed E-state index contributed by atoms with van der Waals surface area (Å²) in [5.41, 5.74) is 4.75. The number of nitrogens with two attached hydrogens (primary N) is 1. The predicted molar refractivity (Wildman–Crippen MR) is 83.0 cm³/mol. The van der Waals surface area contributed by atoms with E-state index in [1.165, 1.54) is 6.07 Å². The normalized spacial score (nSPS) is 25.8. The highest BCUT2D eigenvalue weighted by Gasteiger charge is 2.62. The van der Waals surface area contributed by atoms with Crippen molar-refractivity contribution in [2.45, 2.75) is 38.8 Å². The SMILES string of the molecule is CCOC1CC(N)(C(=O)Nc2ccc(F)c(F)c2)C1(C)C.Cl. The summed E-state index contributed by atoms with van der Waals surface area (Å²) in [5.74, 6) is -2.40. The van der Waals surface area contributed by atoms with Gasteiger partial charge in [-0.3, -0.25) is 4.79 Å². The van der Waals surface area contributed by atoms with Crippen molar-refractivity contribution in [3.63, 3.8) is 0 Å². The van der Waals surface area contributed by atoms with E-state index in [0.29, 0.717) is 13.0 Å². The van der Waals surface area contributed by atoms with Crippen molar-refractivity contribution in [3.8, 4) is 0 Å². The Morgan fingerprint density at radius 3 is 2.55 bits per heavy atom. The molecule has 0 saturated heterocycles. The molecule has 1 aliphatic rings. The monoisotopic (exact) mass is 334 g/mol. The third kappa shape index (κ3) is 2.95. The Balaban J connectivity index is 0.00000242. The zero-order chi connectivity index (χ0) is 15.8. The van der Waals surface area contributed by atoms with Crippen LogP contribution in [0, 0.1) is 17.0 Å². The van der Waals surface area contributed by atoms with E-state index in [1.807, 2.05) is 20.8 Å². The summed E-state index contributed by atoms with van der Waals surface area (Å²) in [6.45, 7) is 6.16. The van der Waals surface area contributed by atoms with Crippen LogP contribution in [-0.2, 0) is 9.53 Å². The minimum atomic E-state index is -1.10. The average Bonchev–Trinajstić information content (AvgIpc) is 2.42. The zero-order valence-corrected chi connectivity index (χ0v) is 13.6. The van der Waals surface area contributed by atoms with E-state index in [1.54, 1.807) is 0 Å². The molecular formula is C15H21ClF2N2O2. The minimum absolute atomic E-state index is 0. The van der Waals surface area contributed by atoms with Crippen LogP contribution in [0.25, 0.3) is 0 Å². The highest BCUT2D eigenvalue weighted by molar-refractivity contribution is 5.99. The van der Waals surface area contributed by atoms with Crippen molar-refractivity contribution in [2.75, 3.05) is 11.9 Å². The van der Waals surface area contributed by atoms with E-state index in [2.05, 4.69) is 5.32 Å². The molecule has 2 rings (SSSR count). The van der Waals surface area contributed by atoms with Crippen LogP contribution in [-0.4, -0.2) is 24.2 Å². The minimum Gasteiger partial charge on any atom is -0.378 e. The number of ether oxygens (including phenoxy) is 1. The summed E-state index contributed by atoms with van der Waals surface area (Å²) in [7, 11) is 0. The lowest BCUT2D eigenvalue weighted by Gasteiger charge is -2.57. The van der Waals surface area contributed by atoms with Gasteiger partial charge in [0.2, 0.25) is 5.91 Å². The number of halogens is 3. The highest BCUT2D eigenvalue weighted by atomic mass is 35.5. The van der Waals surface area contributed by atoms with E-state index >= 15 is 0 Å². The Bertz CT molecular complexity index is 568. The third-order valence-electron chi connectivity index (χ3n) is 4.41. The molecule has 3 N–H and O–H groups in total. The summed E-state index contributed by atoms with van der Waals surface area (Å²) in [4.78, 5) is 12.4. The quantitative estimate of drug-likeness (QED) is 0.890. The smallest absolute Gasteiger partial charge is 0.245 e. The van der Waals surface area contributed by atoms with Gasteiger partial charge in [-0.05, 0) is 19.1 Å². The first-order valence-corrected chi connectivity index (χ1v) is 6.89. The molecule has 0 aliphatic heterocycles. The van der Waals surface area contributed by atoms with Crippen LogP contribution < -0.4 is 11.1 Å². The molecule has 7 heteroatoms. The number of rotatable bonds is 4. The summed E-state index contributed by atoms with van der Waals surface area (Å²) in [6, 6.07) is 3.19. The van der Waals surface area contributed by atoms with E-state index < -0.39 is 28.5 Å². The number of amides is 1. The first kappa shape index (κ1) is 18.8. The summed E-state index contributed by atoms with van der Waals surface area (Å²) in [6.07, 6.45) is 0.298. The molecule has 22 heavy (non-hydrogen) atoms. The molecule has 1 fully saturated rings. The summed E-state index contributed by atoms with van der Waals surface area (Å²) >= 11 is 0. The molecule has 0 spiro atoms. The van der Waals surface area contributed by atoms with Crippen LogP contribution in [0.2, 0.25) is 0 Å². The van der Waals surface area contributed by atoms with E-state index in [0.717, 1.165) is 12.1 Å². The van der Waals surface area contributed by atoms with Crippen LogP contribution in [0.4, 0.5) is 14.5 Å². The van der Waals surface area contributed by atoms with Gasteiger partial charge in [-0.1, -0.05) is 13.8 Å². The average molecular weight is 335 g/mol. The van der Waals surface area contributed by atoms with Crippen molar-refractivity contribution in [3.05, 3.63) is 29.8 Å². The predicted octanol–water partition coefficient (Wildman–Crippen LogP) is 2.86. The van der Waals surface area contributed by atoms with Gasteiger partial charge in [-0.2, -0.15) is 0 Å². The zero-order valence-electron chi connectivity index (χ0n) is 12.8. The molecule has 4 nitrogen and oxygen atoms in total. The Kier molecular flexibility index (Phi) is 5.54. The topological polar surface area (TPSA) is 64.3 Å². The molecule has 0 radical (unpaired) electrons. The van der Waals surface area contributed by atoms with E-state index in [4.69, 9.17) is 10.5 Å². The van der Waals surface area contributed by atoms with Crippen LogP contribution in [0.5, 0.6) is 0 Å². The lowest BCUT2D eigenvalue weighted by molar-refractivity contribution is -0.166. The van der Waals surface area contributed by atoms with Gasteiger partial charge in [0.25, 0.3) is 0 Å². The van der Waals surface area contributed by atoms with Gasteiger partial charge in [0.05, 0.1) is 6.10 Å². The number of carbonyl (C=O) groups excluding carboxylic acids is 1. The maximum Gasteiger partial charge on any atom is 0.245 e. The molecule has 124 valence electrons.